The average molecular weight is 218 g/mol. The maximum absolute atomic E-state index is 5.61. The molecule has 2 aromatic heterocycles. The molecule has 0 saturated heterocycles. The van der Waals surface area contributed by atoms with Gasteiger partial charge in [-0.3, -0.25) is 0 Å². The Labute approximate surface area is 95.5 Å². The summed E-state index contributed by atoms with van der Waals surface area (Å²) in [6, 6.07) is 4.09. The van der Waals surface area contributed by atoms with Gasteiger partial charge in [-0.05, 0) is 32.0 Å². The Bertz CT molecular complexity index is 487. The quantitative estimate of drug-likeness (QED) is 0.846. The molecule has 0 aliphatic heterocycles. The van der Waals surface area contributed by atoms with Crippen molar-refractivity contribution < 1.29 is 0 Å². The van der Waals surface area contributed by atoms with Gasteiger partial charge in [0.1, 0.15) is 0 Å². The molecule has 4 heteroatoms. The molecular weight excluding hydrogens is 200 g/mol. The number of nitrogens with two attached hydrogens (primary N) is 1. The predicted molar refractivity (Wildman–Crippen MR) is 64.5 cm³/mol. The normalized spacial score (nSPS) is 11.2. The fraction of sp³-hybridized carbons (Fsp3) is 0.500. The molecule has 0 bridgehead atoms. The van der Waals surface area contributed by atoms with E-state index in [0.29, 0.717) is 6.54 Å². The number of fused-ring (bicyclic) bond motifs is 1. The maximum atomic E-state index is 5.61. The molecule has 0 aromatic carbocycles. The summed E-state index contributed by atoms with van der Waals surface area (Å²) < 4.78 is 1.94. The van der Waals surface area contributed by atoms with Crippen LogP contribution in [0.25, 0.3) is 5.65 Å². The second-order valence-corrected chi connectivity index (χ2v) is 4.03. The van der Waals surface area contributed by atoms with Crippen LogP contribution < -0.4 is 5.73 Å². The van der Waals surface area contributed by atoms with Gasteiger partial charge < -0.3 is 5.73 Å². The molecule has 0 radical (unpaired) electrons. The van der Waals surface area contributed by atoms with E-state index in [1.54, 1.807) is 0 Å². The van der Waals surface area contributed by atoms with E-state index in [4.69, 9.17) is 5.73 Å². The summed E-state index contributed by atoms with van der Waals surface area (Å²) >= 11 is 0. The second-order valence-electron chi connectivity index (χ2n) is 4.03. The zero-order valence-corrected chi connectivity index (χ0v) is 9.90. The molecule has 0 fully saturated rings. The second kappa shape index (κ2) is 4.61. The van der Waals surface area contributed by atoms with Crippen molar-refractivity contribution in [3.05, 3.63) is 29.2 Å². The summed E-state index contributed by atoms with van der Waals surface area (Å²) in [4.78, 5) is 4.48. The van der Waals surface area contributed by atoms with Gasteiger partial charge in [-0.15, -0.1) is 0 Å². The first-order valence-electron chi connectivity index (χ1n) is 5.80. The summed E-state index contributed by atoms with van der Waals surface area (Å²) in [5.74, 6) is 0. The van der Waals surface area contributed by atoms with Crippen molar-refractivity contribution in [2.45, 2.75) is 33.1 Å². The number of nitrogens with zero attached hydrogens (tertiary/aromatic N) is 3. The van der Waals surface area contributed by atoms with E-state index in [-0.39, 0.29) is 0 Å². The molecule has 0 amide bonds. The Balaban J connectivity index is 2.51. The Hall–Kier alpha value is -1.42. The number of imidazole rings is 1. The number of rotatable bonds is 4. The van der Waals surface area contributed by atoms with Crippen LogP contribution in [0.1, 0.15) is 30.4 Å². The molecule has 0 unspecified atom stereocenters. The number of hydrogen-bond acceptors (Lipinski definition) is 3. The third-order valence-electron chi connectivity index (χ3n) is 2.71. The molecule has 2 aromatic rings. The van der Waals surface area contributed by atoms with Crippen molar-refractivity contribution in [2.24, 2.45) is 5.73 Å². The van der Waals surface area contributed by atoms with Crippen LogP contribution in [0.2, 0.25) is 0 Å². The largest absolute Gasteiger partial charge is 0.330 e. The lowest BCUT2D eigenvalue weighted by molar-refractivity contribution is 0.768. The monoisotopic (exact) mass is 218 g/mol. The number of aromatic nitrogens is 3. The minimum absolute atomic E-state index is 0.633. The predicted octanol–water partition coefficient (Wildman–Crippen LogP) is 1.49. The topological polar surface area (TPSA) is 56.2 Å². The summed E-state index contributed by atoms with van der Waals surface area (Å²) in [6.45, 7) is 4.80. The minimum atomic E-state index is 0.633. The SMILES string of the molecule is CCCc1ccc2nc(C)c(CCN)n2n1. The minimum Gasteiger partial charge on any atom is -0.330 e. The first-order chi connectivity index (χ1) is 7.76. The van der Waals surface area contributed by atoms with E-state index in [1.807, 2.05) is 17.5 Å². The van der Waals surface area contributed by atoms with Crippen LogP contribution in [0.3, 0.4) is 0 Å². The highest BCUT2D eigenvalue weighted by atomic mass is 15.3. The fourth-order valence-corrected chi connectivity index (χ4v) is 1.94. The smallest absolute Gasteiger partial charge is 0.154 e. The van der Waals surface area contributed by atoms with Gasteiger partial charge in [0.2, 0.25) is 0 Å². The molecule has 0 atom stereocenters. The molecule has 0 spiro atoms. The lowest BCUT2D eigenvalue weighted by atomic mass is 10.2. The zero-order valence-electron chi connectivity index (χ0n) is 9.90. The van der Waals surface area contributed by atoms with Crippen molar-refractivity contribution in [1.82, 2.24) is 14.6 Å². The summed E-state index contributed by atoms with van der Waals surface area (Å²) in [6.07, 6.45) is 2.95. The van der Waals surface area contributed by atoms with Crippen molar-refractivity contribution >= 4 is 5.65 Å². The van der Waals surface area contributed by atoms with Gasteiger partial charge in [-0.2, -0.15) is 5.10 Å². The van der Waals surface area contributed by atoms with Gasteiger partial charge in [0.25, 0.3) is 0 Å². The molecule has 4 nitrogen and oxygen atoms in total. The number of aryl methyl sites for hydroxylation is 2. The van der Waals surface area contributed by atoms with E-state index in [9.17, 15) is 0 Å². The van der Waals surface area contributed by atoms with E-state index >= 15 is 0 Å². The van der Waals surface area contributed by atoms with Crippen LogP contribution in [0.15, 0.2) is 12.1 Å². The lowest BCUT2D eigenvalue weighted by Gasteiger charge is -2.02. The lowest BCUT2D eigenvalue weighted by Crippen LogP contribution is -2.08. The summed E-state index contributed by atoms with van der Waals surface area (Å²) in [5, 5.41) is 4.60. The summed E-state index contributed by atoms with van der Waals surface area (Å²) in [5.41, 5.74) is 9.81. The van der Waals surface area contributed by atoms with Gasteiger partial charge in [-0.1, -0.05) is 13.3 Å². The van der Waals surface area contributed by atoms with Gasteiger partial charge in [-0.25, -0.2) is 9.50 Å². The van der Waals surface area contributed by atoms with Crippen LogP contribution in [0.5, 0.6) is 0 Å². The van der Waals surface area contributed by atoms with Crippen LogP contribution in [-0.4, -0.2) is 21.1 Å². The third kappa shape index (κ3) is 1.93. The Morgan fingerprint density at radius 2 is 2.12 bits per heavy atom. The van der Waals surface area contributed by atoms with Gasteiger partial charge in [0, 0.05) is 6.42 Å². The molecule has 0 aliphatic carbocycles. The van der Waals surface area contributed by atoms with Crippen molar-refractivity contribution in [1.29, 1.82) is 0 Å². The Kier molecular flexibility index (Phi) is 3.19. The van der Waals surface area contributed by atoms with E-state index in [2.05, 4.69) is 23.1 Å². The van der Waals surface area contributed by atoms with Crippen molar-refractivity contribution in [2.75, 3.05) is 6.54 Å². The van der Waals surface area contributed by atoms with Crippen molar-refractivity contribution in [3.63, 3.8) is 0 Å². The van der Waals surface area contributed by atoms with Gasteiger partial charge in [0.05, 0.1) is 17.1 Å². The molecule has 2 rings (SSSR count). The molecule has 2 N–H and O–H groups in total. The highest BCUT2D eigenvalue weighted by Crippen LogP contribution is 2.12. The van der Waals surface area contributed by atoms with Crippen LogP contribution in [-0.2, 0) is 12.8 Å². The summed E-state index contributed by atoms with van der Waals surface area (Å²) in [7, 11) is 0. The molecule has 2 heterocycles. The first-order valence-corrected chi connectivity index (χ1v) is 5.80. The van der Waals surface area contributed by atoms with Crippen molar-refractivity contribution in [3.8, 4) is 0 Å². The average Bonchev–Trinajstić information content (AvgIpc) is 2.57. The van der Waals surface area contributed by atoms with E-state index in [1.165, 1.54) is 0 Å². The molecule has 0 saturated carbocycles. The van der Waals surface area contributed by atoms with Gasteiger partial charge in [0.15, 0.2) is 5.65 Å². The molecule has 0 aliphatic rings. The van der Waals surface area contributed by atoms with E-state index < -0.39 is 0 Å². The van der Waals surface area contributed by atoms with Crippen LogP contribution >= 0.6 is 0 Å². The first kappa shape index (κ1) is 11.1. The zero-order chi connectivity index (χ0) is 11.5. The standard InChI is InChI=1S/C12H18N4/c1-3-4-10-5-6-12-14-9(2)11(7-8-13)16(12)15-10/h5-6H,3-4,7-8,13H2,1-2H3. The van der Waals surface area contributed by atoms with E-state index in [0.717, 1.165) is 42.0 Å². The molecule has 16 heavy (non-hydrogen) atoms. The van der Waals surface area contributed by atoms with Crippen LogP contribution in [0.4, 0.5) is 0 Å². The highest BCUT2D eigenvalue weighted by molar-refractivity contribution is 5.41. The third-order valence-corrected chi connectivity index (χ3v) is 2.71. The van der Waals surface area contributed by atoms with Gasteiger partial charge >= 0.3 is 0 Å². The highest BCUT2D eigenvalue weighted by Gasteiger charge is 2.09. The fourth-order valence-electron chi connectivity index (χ4n) is 1.94. The Morgan fingerprint density at radius 3 is 2.81 bits per heavy atom. The number of hydrogen-bond donors (Lipinski definition) is 1. The molecule has 86 valence electrons. The Morgan fingerprint density at radius 1 is 1.31 bits per heavy atom. The molecular formula is C12H18N4. The van der Waals surface area contributed by atoms with Crippen LogP contribution in [0, 0.1) is 6.92 Å². The maximum Gasteiger partial charge on any atom is 0.154 e.